The van der Waals surface area contributed by atoms with Gasteiger partial charge in [-0.2, -0.15) is 5.10 Å². The number of nitrogens with zero attached hydrogens (tertiary/aromatic N) is 4. The summed E-state index contributed by atoms with van der Waals surface area (Å²) in [5.74, 6) is 1.48. The van der Waals surface area contributed by atoms with E-state index in [1.807, 2.05) is 35.3 Å². The monoisotopic (exact) mass is 347 g/mol. The van der Waals surface area contributed by atoms with Crippen LogP contribution in [0.5, 0.6) is 0 Å². The van der Waals surface area contributed by atoms with E-state index in [1.54, 1.807) is 6.20 Å². The van der Waals surface area contributed by atoms with Gasteiger partial charge in [0.15, 0.2) is 5.82 Å². The lowest BCUT2D eigenvalue weighted by atomic mass is 10.2. The van der Waals surface area contributed by atoms with Gasteiger partial charge in [0.2, 0.25) is 0 Å². The maximum atomic E-state index is 4.70. The first-order valence-corrected chi connectivity index (χ1v) is 7.81. The summed E-state index contributed by atoms with van der Waals surface area (Å²) in [6.07, 6.45) is 5.74. The van der Waals surface area contributed by atoms with E-state index in [0.717, 1.165) is 34.7 Å². The first-order valence-electron chi connectivity index (χ1n) is 7.02. The van der Waals surface area contributed by atoms with Crippen LogP contribution in [0.3, 0.4) is 0 Å². The predicted molar refractivity (Wildman–Crippen MR) is 86.6 cm³/mol. The van der Waals surface area contributed by atoms with Crippen LogP contribution in [0.2, 0.25) is 0 Å². The lowest BCUT2D eigenvalue weighted by Crippen LogP contribution is -2.21. The van der Waals surface area contributed by atoms with E-state index in [2.05, 4.69) is 44.6 Å². The molecule has 1 N–H and O–H groups in total. The molecule has 0 bridgehead atoms. The average Bonchev–Trinajstić information content (AvgIpc) is 3.03. The SMILES string of the molecule is CC(C)CNCc1c(-n2cc(Br)cn2)nc2ccccn12. The molecule has 3 aromatic heterocycles. The van der Waals surface area contributed by atoms with Crippen molar-refractivity contribution in [3.8, 4) is 5.82 Å². The van der Waals surface area contributed by atoms with Crippen molar-refractivity contribution in [1.82, 2.24) is 24.5 Å². The molecule has 21 heavy (non-hydrogen) atoms. The van der Waals surface area contributed by atoms with Gasteiger partial charge < -0.3 is 9.72 Å². The highest BCUT2D eigenvalue weighted by molar-refractivity contribution is 9.10. The Morgan fingerprint density at radius 2 is 2.19 bits per heavy atom. The number of hydrogen-bond acceptors (Lipinski definition) is 3. The first-order chi connectivity index (χ1) is 10.1. The molecule has 5 nitrogen and oxygen atoms in total. The fraction of sp³-hybridized carbons (Fsp3) is 0.333. The Bertz CT molecular complexity index is 743. The quantitative estimate of drug-likeness (QED) is 0.771. The smallest absolute Gasteiger partial charge is 0.176 e. The summed E-state index contributed by atoms with van der Waals surface area (Å²) in [4.78, 5) is 4.70. The molecule has 0 saturated heterocycles. The molecule has 0 spiro atoms. The zero-order valence-electron chi connectivity index (χ0n) is 12.1. The van der Waals surface area contributed by atoms with Crippen LogP contribution < -0.4 is 5.32 Å². The van der Waals surface area contributed by atoms with Gasteiger partial charge in [0, 0.05) is 18.9 Å². The number of pyridine rings is 1. The summed E-state index contributed by atoms with van der Waals surface area (Å²) in [6, 6.07) is 6.02. The number of nitrogens with one attached hydrogen (secondary N) is 1. The Morgan fingerprint density at radius 1 is 1.33 bits per heavy atom. The maximum absolute atomic E-state index is 4.70. The van der Waals surface area contributed by atoms with E-state index in [-0.39, 0.29) is 0 Å². The van der Waals surface area contributed by atoms with Gasteiger partial charge in [-0.3, -0.25) is 0 Å². The summed E-state index contributed by atoms with van der Waals surface area (Å²) in [6.45, 7) is 6.14. The van der Waals surface area contributed by atoms with E-state index in [4.69, 9.17) is 4.98 Å². The number of hydrogen-bond donors (Lipinski definition) is 1. The molecule has 6 heteroatoms. The van der Waals surface area contributed by atoms with Crippen molar-refractivity contribution >= 4 is 21.6 Å². The molecule has 0 aromatic carbocycles. The van der Waals surface area contributed by atoms with Crippen molar-refractivity contribution in [2.75, 3.05) is 6.54 Å². The molecule has 110 valence electrons. The van der Waals surface area contributed by atoms with Crippen molar-refractivity contribution in [1.29, 1.82) is 0 Å². The molecule has 0 atom stereocenters. The summed E-state index contributed by atoms with van der Waals surface area (Å²) in [5, 5.41) is 7.83. The van der Waals surface area contributed by atoms with Crippen molar-refractivity contribution in [3.63, 3.8) is 0 Å². The van der Waals surface area contributed by atoms with Gasteiger partial charge in [-0.05, 0) is 40.5 Å². The number of halogens is 1. The minimum atomic E-state index is 0.617. The van der Waals surface area contributed by atoms with E-state index < -0.39 is 0 Å². The average molecular weight is 348 g/mol. The van der Waals surface area contributed by atoms with Crippen LogP contribution in [0.4, 0.5) is 0 Å². The number of rotatable bonds is 5. The molecule has 3 rings (SSSR count). The zero-order chi connectivity index (χ0) is 14.8. The maximum Gasteiger partial charge on any atom is 0.176 e. The number of aromatic nitrogens is 4. The van der Waals surface area contributed by atoms with Gasteiger partial charge in [-0.1, -0.05) is 19.9 Å². The van der Waals surface area contributed by atoms with Crippen LogP contribution in [0, 0.1) is 5.92 Å². The van der Waals surface area contributed by atoms with Crippen LogP contribution in [0.15, 0.2) is 41.3 Å². The van der Waals surface area contributed by atoms with Crippen molar-refractivity contribution in [2.45, 2.75) is 20.4 Å². The number of imidazole rings is 1. The Labute approximate surface area is 132 Å². The van der Waals surface area contributed by atoms with Crippen LogP contribution in [0.1, 0.15) is 19.5 Å². The second-order valence-corrected chi connectivity index (χ2v) is 6.35. The minimum Gasteiger partial charge on any atom is -0.311 e. The van der Waals surface area contributed by atoms with Crippen LogP contribution in [-0.2, 0) is 6.54 Å². The van der Waals surface area contributed by atoms with Crippen molar-refractivity contribution in [2.24, 2.45) is 5.92 Å². The van der Waals surface area contributed by atoms with Crippen molar-refractivity contribution in [3.05, 3.63) is 47.0 Å². The predicted octanol–water partition coefficient (Wildman–Crippen LogP) is 3.03. The molecule has 0 radical (unpaired) electrons. The Hall–Kier alpha value is -1.66. The van der Waals surface area contributed by atoms with E-state index in [9.17, 15) is 0 Å². The van der Waals surface area contributed by atoms with Crippen LogP contribution in [0.25, 0.3) is 11.5 Å². The fourth-order valence-corrected chi connectivity index (χ4v) is 2.56. The second-order valence-electron chi connectivity index (χ2n) is 5.44. The van der Waals surface area contributed by atoms with E-state index in [1.165, 1.54) is 0 Å². The highest BCUT2D eigenvalue weighted by atomic mass is 79.9. The molecule has 0 unspecified atom stereocenters. The van der Waals surface area contributed by atoms with Gasteiger partial charge in [-0.15, -0.1) is 0 Å². The largest absolute Gasteiger partial charge is 0.311 e. The molecule has 3 aromatic rings. The van der Waals surface area contributed by atoms with Gasteiger partial charge in [0.25, 0.3) is 0 Å². The first kappa shape index (κ1) is 14.3. The molecular weight excluding hydrogens is 330 g/mol. The fourth-order valence-electron chi connectivity index (χ4n) is 2.28. The Morgan fingerprint density at radius 3 is 2.90 bits per heavy atom. The Balaban J connectivity index is 2.01. The standard InChI is InChI=1S/C15H18BrN5/c1-11(2)7-17-9-13-15(21-10-12(16)8-18-21)19-14-5-3-4-6-20(13)14/h3-6,8,10-11,17H,7,9H2,1-2H3. The topological polar surface area (TPSA) is 47.2 Å². The van der Waals surface area contributed by atoms with Crippen LogP contribution in [-0.4, -0.2) is 25.7 Å². The Kier molecular flexibility index (Phi) is 4.07. The summed E-state index contributed by atoms with van der Waals surface area (Å²) >= 11 is 3.44. The molecule has 0 fully saturated rings. The van der Waals surface area contributed by atoms with Crippen molar-refractivity contribution < 1.29 is 0 Å². The van der Waals surface area contributed by atoms with Crippen LogP contribution >= 0.6 is 15.9 Å². The molecule has 0 aliphatic carbocycles. The lowest BCUT2D eigenvalue weighted by Gasteiger charge is -2.09. The van der Waals surface area contributed by atoms with Gasteiger partial charge in [0.05, 0.1) is 16.4 Å². The highest BCUT2D eigenvalue weighted by Gasteiger charge is 2.14. The summed E-state index contributed by atoms with van der Waals surface area (Å²) in [7, 11) is 0. The molecule has 0 amide bonds. The molecule has 0 aliphatic rings. The van der Waals surface area contributed by atoms with Gasteiger partial charge in [-0.25, -0.2) is 9.67 Å². The normalized spacial score (nSPS) is 11.6. The van der Waals surface area contributed by atoms with E-state index in [0.29, 0.717) is 5.92 Å². The summed E-state index contributed by atoms with van der Waals surface area (Å²) < 4.78 is 4.86. The second kappa shape index (κ2) is 5.99. The molecule has 0 saturated carbocycles. The lowest BCUT2D eigenvalue weighted by molar-refractivity contribution is 0.545. The third-order valence-corrected chi connectivity index (χ3v) is 3.63. The van der Waals surface area contributed by atoms with Gasteiger partial charge >= 0.3 is 0 Å². The summed E-state index contributed by atoms with van der Waals surface area (Å²) in [5.41, 5.74) is 2.04. The van der Waals surface area contributed by atoms with Gasteiger partial charge in [0.1, 0.15) is 5.65 Å². The molecule has 0 aliphatic heterocycles. The zero-order valence-corrected chi connectivity index (χ0v) is 13.7. The highest BCUT2D eigenvalue weighted by Crippen LogP contribution is 2.18. The number of fused-ring (bicyclic) bond motifs is 1. The van der Waals surface area contributed by atoms with E-state index >= 15 is 0 Å². The molecule has 3 heterocycles. The third-order valence-electron chi connectivity index (χ3n) is 3.22. The minimum absolute atomic E-state index is 0.617. The third kappa shape index (κ3) is 3.01. The molecular formula is C15H18BrN5.